The van der Waals surface area contributed by atoms with Crippen LogP contribution in [-0.4, -0.2) is 55.3 Å². The Morgan fingerprint density at radius 1 is 0.966 bits per heavy atom. The molecule has 0 aliphatic carbocycles. The van der Waals surface area contributed by atoms with Gasteiger partial charge in [-0.3, -0.25) is 4.98 Å². The Kier molecular flexibility index (Phi) is 5.90. The number of methoxy groups -OCH3 is 1. The van der Waals surface area contributed by atoms with Gasteiger partial charge in [0.1, 0.15) is 5.75 Å². The number of nitrogens with zero attached hydrogens (tertiary/aromatic N) is 3. The standard InChI is InChI=1S/C22H29N3O3S/c1-17-14-20(18-7-9-21(28-2)10-8-18)15-22(23-17)19-6-5-13-25(16-19)29(26,27)24-11-3-4-12-24/h7-10,14-15,19H,3-6,11-13,16H2,1-2H3. The molecule has 2 aliphatic heterocycles. The molecule has 7 heteroatoms. The van der Waals surface area contributed by atoms with E-state index in [1.165, 1.54) is 0 Å². The molecule has 1 atom stereocenters. The van der Waals surface area contributed by atoms with Gasteiger partial charge in [-0.05, 0) is 68.0 Å². The SMILES string of the molecule is COc1ccc(-c2cc(C)nc(C3CCCN(S(=O)(=O)N4CCCC4)C3)c2)cc1. The van der Waals surface area contributed by atoms with Crippen molar-refractivity contribution in [2.75, 3.05) is 33.3 Å². The van der Waals surface area contributed by atoms with Crippen LogP contribution in [0.25, 0.3) is 11.1 Å². The lowest BCUT2D eigenvalue weighted by molar-refractivity contribution is 0.290. The monoisotopic (exact) mass is 415 g/mol. The maximum atomic E-state index is 13.0. The number of hydrogen-bond donors (Lipinski definition) is 0. The van der Waals surface area contributed by atoms with E-state index < -0.39 is 10.2 Å². The molecule has 0 spiro atoms. The summed E-state index contributed by atoms with van der Waals surface area (Å²) in [4.78, 5) is 4.77. The zero-order valence-corrected chi connectivity index (χ0v) is 18.0. The van der Waals surface area contributed by atoms with E-state index in [1.807, 2.05) is 31.2 Å². The summed E-state index contributed by atoms with van der Waals surface area (Å²) in [5, 5.41) is 0. The second-order valence-corrected chi connectivity index (χ2v) is 9.89. The van der Waals surface area contributed by atoms with Crippen LogP contribution in [0.4, 0.5) is 0 Å². The number of benzene rings is 1. The lowest BCUT2D eigenvalue weighted by atomic mass is 9.93. The highest BCUT2D eigenvalue weighted by Gasteiger charge is 2.35. The Hall–Kier alpha value is -1.96. The number of ether oxygens (including phenoxy) is 1. The van der Waals surface area contributed by atoms with Gasteiger partial charge in [0.05, 0.1) is 7.11 Å². The molecular formula is C22H29N3O3S. The molecule has 1 unspecified atom stereocenters. The Bertz CT molecular complexity index is 954. The third-order valence-electron chi connectivity index (χ3n) is 5.92. The molecule has 3 heterocycles. The summed E-state index contributed by atoms with van der Waals surface area (Å²) in [6, 6.07) is 12.2. The summed E-state index contributed by atoms with van der Waals surface area (Å²) in [6.45, 7) is 4.41. The predicted octanol–water partition coefficient (Wildman–Crippen LogP) is 3.59. The fraction of sp³-hybridized carbons (Fsp3) is 0.500. The van der Waals surface area contributed by atoms with Gasteiger partial charge in [0.2, 0.25) is 0 Å². The van der Waals surface area contributed by atoms with E-state index in [1.54, 1.807) is 15.7 Å². The van der Waals surface area contributed by atoms with Crippen LogP contribution in [0.15, 0.2) is 36.4 Å². The van der Waals surface area contributed by atoms with Crippen LogP contribution in [-0.2, 0) is 10.2 Å². The summed E-state index contributed by atoms with van der Waals surface area (Å²) in [6.07, 6.45) is 3.75. The molecule has 2 fully saturated rings. The van der Waals surface area contributed by atoms with E-state index in [0.29, 0.717) is 26.2 Å². The molecule has 2 aliphatic rings. The van der Waals surface area contributed by atoms with Crippen molar-refractivity contribution < 1.29 is 13.2 Å². The Morgan fingerprint density at radius 2 is 1.66 bits per heavy atom. The minimum Gasteiger partial charge on any atom is -0.497 e. The number of pyridine rings is 1. The predicted molar refractivity (Wildman–Crippen MR) is 114 cm³/mol. The molecule has 2 aromatic rings. The van der Waals surface area contributed by atoms with Crippen LogP contribution < -0.4 is 4.74 Å². The Balaban J connectivity index is 1.58. The maximum Gasteiger partial charge on any atom is 0.281 e. The van der Waals surface area contributed by atoms with Crippen molar-refractivity contribution in [3.8, 4) is 16.9 Å². The number of aromatic nitrogens is 1. The van der Waals surface area contributed by atoms with Crippen molar-refractivity contribution in [3.05, 3.63) is 47.8 Å². The maximum absolute atomic E-state index is 13.0. The van der Waals surface area contributed by atoms with Crippen molar-refractivity contribution in [3.63, 3.8) is 0 Å². The van der Waals surface area contributed by atoms with Gasteiger partial charge >= 0.3 is 0 Å². The molecule has 1 aromatic heterocycles. The molecular weight excluding hydrogens is 386 g/mol. The molecule has 0 bridgehead atoms. The highest BCUT2D eigenvalue weighted by molar-refractivity contribution is 7.86. The number of hydrogen-bond acceptors (Lipinski definition) is 4. The minimum atomic E-state index is -3.36. The molecule has 0 saturated carbocycles. The first-order chi connectivity index (χ1) is 14.0. The minimum absolute atomic E-state index is 0.123. The average Bonchev–Trinajstić information content (AvgIpc) is 3.29. The van der Waals surface area contributed by atoms with Gasteiger partial charge in [0, 0.05) is 43.5 Å². The van der Waals surface area contributed by atoms with Crippen LogP contribution in [0.2, 0.25) is 0 Å². The largest absolute Gasteiger partial charge is 0.497 e. The van der Waals surface area contributed by atoms with E-state index in [0.717, 1.165) is 53.9 Å². The Labute approximate surface area is 173 Å². The molecule has 6 nitrogen and oxygen atoms in total. The van der Waals surface area contributed by atoms with Crippen molar-refractivity contribution >= 4 is 10.2 Å². The number of rotatable bonds is 5. The molecule has 2 saturated heterocycles. The first-order valence-corrected chi connectivity index (χ1v) is 11.8. The second kappa shape index (κ2) is 8.42. The van der Waals surface area contributed by atoms with Gasteiger partial charge in [0.15, 0.2) is 0 Å². The van der Waals surface area contributed by atoms with E-state index in [4.69, 9.17) is 9.72 Å². The lowest BCUT2D eigenvalue weighted by Crippen LogP contribution is -2.46. The number of aryl methyl sites for hydroxylation is 1. The lowest BCUT2D eigenvalue weighted by Gasteiger charge is -2.34. The Morgan fingerprint density at radius 3 is 2.34 bits per heavy atom. The quantitative estimate of drug-likeness (QED) is 0.749. The van der Waals surface area contributed by atoms with Crippen LogP contribution in [0.5, 0.6) is 5.75 Å². The summed E-state index contributed by atoms with van der Waals surface area (Å²) >= 11 is 0. The second-order valence-electron chi connectivity index (χ2n) is 7.96. The van der Waals surface area contributed by atoms with Gasteiger partial charge in [-0.25, -0.2) is 0 Å². The first-order valence-electron chi connectivity index (χ1n) is 10.4. The molecule has 4 rings (SSSR count). The highest BCUT2D eigenvalue weighted by atomic mass is 32.2. The van der Waals surface area contributed by atoms with Crippen molar-refractivity contribution in [1.29, 1.82) is 0 Å². The zero-order valence-electron chi connectivity index (χ0n) is 17.2. The molecule has 0 N–H and O–H groups in total. The fourth-order valence-electron chi connectivity index (χ4n) is 4.33. The van der Waals surface area contributed by atoms with E-state index in [2.05, 4.69) is 12.1 Å². The molecule has 0 radical (unpaired) electrons. The highest BCUT2D eigenvalue weighted by Crippen LogP contribution is 2.32. The van der Waals surface area contributed by atoms with E-state index in [9.17, 15) is 8.42 Å². The molecule has 29 heavy (non-hydrogen) atoms. The van der Waals surface area contributed by atoms with Crippen molar-refractivity contribution in [2.45, 2.75) is 38.5 Å². The van der Waals surface area contributed by atoms with Gasteiger partial charge in [-0.15, -0.1) is 0 Å². The summed E-state index contributed by atoms with van der Waals surface area (Å²) in [7, 11) is -1.70. The van der Waals surface area contributed by atoms with Gasteiger partial charge in [-0.1, -0.05) is 12.1 Å². The number of piperidine rings is 1. The van der Waals surface area contributed by atoms with Crippen LogP contribution in [0.3, 0.4) is 0 Å². The summed E-state index contributed by atoms with van der Waals surface area (Å²) < 4.78 is 34.6. The zero-order chi connectivity index (χ0) is 20.4. The van der Waals surface area contributed by atoms with Crippen LogP contribution in [0, 0.1) is 6.92 Å². The summed E-state index contributed by atoms with van der Waals surface area (Å²) in [5.74, 6) is 0.952. The van der Waals surface area contributed by atoms with Gasteiger partial charge in [-0.2, -0.15) is 17.0 Å². The first kappa shape index (κ1) is 20.3. The van der Waals surface area contributed by atoms with Crippen molar-refractivity contribution in [2.24, 2.45) is 0 Å². The topological polar surface area (TPSA) is 62.7 Å². The van der Waals surface area contributed by atoms with Crippen LogP contribution in [0.1, 0.15) is 43.0 Å². The van der Waals surface area contributed by atoms with Crippen LogP contribution >= 0.6 is 0 Å². The van der Waals surface area contributed by atoms with Gasteiger partial charge in [0.25, 0.3) is 10.2 Å². The molecule has 0 amide bonds. The van der Waals surface area contributed by atoms with Crippen molar-refractivity contribution in [1.82, 2.24) is 13.6 Å². The molecule has 1 aromatic carbocycles. The van der Waals surface area contributed by atoms with E-state index in [-0.39, 0.29) is 5.92 Å². The third kappa shape index (κ3) is 4.32. The van der Waals surface area contributed by atoms with E-state index >= 15 is 0 Å². The third-order valence-corrected chi connectivity index (χ3v) is 7.92. The van der Waals surface area contributed by atoms with Gasteiger partial charge < -0.3 is 4.74 Å². The summed E-state index contributed by atoms with van der Waals surface area (Å²) in [5.41, 5.74) is 4.15. The normalized spacial score (nSPS) is 21.4. The fourth-order valence-corrected chi connectivity index (χ4v) is 6.10. The average molecular weight is 416 g/mol. The molecule has 156 valence electrons. The smallest absolute Gasteiger partial charge is 0.281 e.